The summed E-state index contributed by atoms with van der Waals surface area (Å²) in [5.74, 6) is 1.72. The van der Waals surface area contributed by atoms with Crippen molar-refractivity contribution in [2.24, 2.45) is 5.73 Å². The molecule has 0 bridgehead atoms. The van der Waals surface area contributed by atoms with Gasteiger partial charge in [0.25, 0.3) is 0 Å². The van der Waals surface area contributed by atoms with Crippen LogP contribution in [0.5, 0.6) is 11.5 Å². The maximum atomic E-state index is 5.70. The summed E-state index contributed by atoms with van der Waals surface area (Å²) in [5, 5.41) is 0. The number of nitrogens with two attached hydrogens (primary N) is 1. The minimum Gasteiger partial charge on any atom is -0.454 e. The third-order valence-electron chi connectivity index (χ3n) is 2.56. The van der Waals surface area contributed by atoms with E-state index in [0.29, 0.717) is 12.8 Å². The molecule has 3 heteroatoms. The highest BCUT2D eigenvalue weighted by Gasteiger charge is 2.12. The van der Waals surface area contributed by atoms with Gasteiger partial charge in [-0.3, -0.25) is 0 Å². The Hall–Kier alpha value is -1.22. The lowest BCUT2D eigenvalue weighted by molar-refractivity contribution is 0.174. The topological polar surface area (TPSA) is 44.5 Å². The Labute approximate surface area is 90.2 Å². The maximum Gasteiger partial charge on any atom is 0.231 e. The number of hydrogen-bond donors (Lipinski definition) is 1. The van der Waals surface area contributed by atoms with Crippen molar-refractivity contribution in [1.29, 1.82) is 0 Å². The van der Waals surface area contributed by atoms with Gasteiger partial charge in [-0.15, -0.1) is 0 Å². The third kappa shape index (κ3) is 2.63. The summed E-state index contributed by atoms with van der Waals surface area (Å²) < 4.78 is 10.6. The van der Waals surface area contributed by atoms with E-state index in [1.54, 1.807) is 0 Å². The van der Waals surface area contributed by atoms with Gasteiger partial charge in [-0.2, -0.15) is 0 Å². The lowest BCUT2D eigenvalue weighted by Gasteiger charge is -2.05. The van der Waals surface area contributed by atoms with E-state index in [1.807, 2.05) is 13.0 Å². The van der Waals surface area contributed by atoms with Crippen LogP contribution in [0, 0.1) is 0 Å². The molecule has 1 atom stereocenters. The molecule has 0 aliphatic carbocycles. The SMILES string of the molecule is CC(N)CCCc1ccc2c(c1)OCO2. The van der Waals surface area contributed by atoms with E-state index >= 15 is 0 Å². The predicted octanol–water partition coefficient (Wildman–Crippen LogP) is 2.09. The zero-order chi connectivity index (χ0) is 10.7. The molecule has 1 unspecified atom stereocenters. The highest BCUT2D eigenvalue weighted by Crippen LogP contribution is 2.32. The minimum absolute atomic E-state index is 0.291. The molecule has 1 aliphatic heterocycles. The predicted molar refractivity (Wildman–Crippen MR) is 59.2 cm³/mol. The number of rotatable bonds is 4. The highest BCUT2D eigenvalue weighted by atomic mass is 16.7. The zero-order valence-electron chi connectivity index (χ0n) is 9.03. The molecular formula is C12H17NO2. The maximum absolute atomic E-state index is 5.70. The van der Waals surface area contributed by atoms with E-state index in [9.17, 15) is 0 Å². The first-order valence-corrected chi connectivity index (χ1v) is 5.40. The number of ether oxygens (including phenoxy) is 2. The second-order valence-electron chi connectivity index (χ2n) is 4.06. The Morgan fingerprint density at radius 1 is 1.33 bits per heavy atom. The lowest BCUT2D eigenvalue weighted by atomic mass is 10.1. The Kier molecular flexibility index (Phi) is 3.11. The van der Waals surface area contributed by atoms with Gasteiger partial charge in [0.2, 0.25) is 6.79 Å². The zero-order valence-corrected chi connectivity index (χ0v) is 9.03. The van der Waals surface area contributed by atoms with Crippen LogP contribution in [-0.2, 0) is 6.42 Å². The molecule has 82 valence electrons. The fourth-order valence-electron chi connectivity index (χ4n) is 1.72. The first-order chi connectivity index (χ1) is 7.25. The molecule has 1 aliphatic rings. The van der Waals surface area contributed by atoms with Gasteiger partial charge in [-0.1, -0.05) is 6.07 Å². The van der Waals surface area contributed by atoms with Crippen LogP contribution >= 0.6 is 0 Å². The Morgan fingerprint density at radius 2 is 2.13 bits per heavy atom. The molecule has 0 spiro atoms. The van der Waals surface area contributed by atoms with Crippen LogP contribution in [0.4, 0.5) is 0 Å². The molecule has 3 nitrogen and oxygen atoms in total. The van der Waals surface area contributed by atoms with Gasteiger partial charge in [0.05, 0.1) is 0 Å². The normalized spacial score (nSPS) is 15.3. The second-order valence-corrected chi connectivity index (χ2v) is 4.06. The van der Waals surface area contributed by atoms with Crippen LogP contribution < -0.4 is 15.2 Å². The van der Waals surface area contributed by atoms with Crippen LogP contribution in [0.2, 0.25) is 0 Å². The standard InChI is InChI=1S/C12H17NO2/c1-9(13)3-2-4-10-5-6-11-12(7-10)15-8-14-11/h5-7,9H,2-4,8,13H2,1H3. The number of fused-ring (bicyclic) bond motifs is 1. The molecule has 1 aromatic rings. The van der Waals surface area contributed by atoms with Crippen LogP contribution in [0.1, 0.15) is 25.3 Å². The van der Waals surface area contributed by atoms with Crippen molar-refractivity contribution < 1.29 is 9.47 Å². The van der Waals surface area contributed by atoms with Crippen LogP contribution in [0.3, 0.4) is 0 Å². The Balaban J connectivity index is 1.92. The largest absolute Gasteiger partial charge is 0.454 e. The second kappa shape index (κ2) is 4.53. The monoisotopic (exact) mass is 207 g/mol. The van der Waals surface area contributed by atoms with E-state index in [-0.39, 0.29) is 0 Å². The molecule has 0 aromatic heterocycles. The first-order valence-electron chi connectivity index (χ1n) is 5.40. The lowest BCUT2D eigenvalue weighted by Crippen LogP contribution is -2.14. The van der Waals surface area contributed by atoms with Crippen molar-refractivity contribution in [3.63, 3.8) is 0 Å². The van der Waals surface area contributed by atoms with Crippen molar-refractivity contribution in [3.8, 4) is 11.5 Å². The van der Waals surface area contributed by atoms with Gasteiger partial charge in [0.1, 0.15) is 0 Å². The summed E-state index contributed by atoms with van der Waals surface area (Å²) in [7, 11) is 0. The third-order valence-corrected chi connectivity index (χ3v) is 2.56. The molecule has 0 fully saturated rings. The van der Waals surface area contributed by atoms with Crippen LogP contribution in [-0.4, -0.2) is 12.8 Å². The van der Waals surface area contributed by atoms with E-state index < -0.39 is 0 Å². The summed E-state index contributed by atoms with van der Waals surface area (Å²) >= 11 is 0. The van der Waals surface area contributed by atoms with Gasteiger partial charge >= 0.3 is 0 Å². The van der Waals surface area contributed by atoms with Gasteiger partial charge in [0.15, 0.2) is 11.5 Å². The molecule has 0 radical (unpaired) electrons. The molecule has 2 N–H and O–H groups in total. The van der Waals surface area contributed by atoms with Crippen molar-refractivity contribution in [1.82, 2.24) is 0 Å². The summed E-state index contributed by atoms with van der Waals surface area (Å²) in [4.78, 5) is 0. The van der Waals surface area contributed by atoms with Crippen molar-refractivity contribution in [2.45, 2.75) is 32.2 Å². The summed E-state index contributed by atoms with van der Waals surface area (Å²) in [6.45, 7) is 2.39. The van der Waals surface area contributed by atoms with Crippen LogP contribution in [0.15, 0.2) is 18.2 Å². The quantitative estimate of drug-likeness (QED) is 0.822. The average Bonchev–Trinajstić information content (AvgIpc) is 2.64. The molecule has 15 heavy (non-hydrogen) atoms. The average molecular weight is 207 g/mol. The Bertz CT molecular complexity index is 336. The van der Waals surface area contributed by atoms with Crippen molar-refractivity contribution in [2.75, 3.05) is 6.79 Å². The smallest absolute Gasteiger partial charge is 0.231 e. The van der Waals surface area contributed by atoms with Gasteiger partial charge in [0, 0.05) is 6.04 Å². The van der Waals surface area contributed by atoms with Gasteiger partial charge in [-0.25, -0.2) is 0 Å². The van der Waals surface area contributed by atoms with E-state index in [2.05, 4.69) is 12.1 Å². The minimum atomic E-state index is 0.291. The van der Waals surface area contributed by atoms with E-state index in [4.69, 9.17) is 15.2 Å². The van der Waals surface area contributed by atoms with Crippen molar-refractivity contribution >= 4 is 0 Å². The molecule has 0 amide bonds. The molecule has 2 rings (SSSR count). The molecule has 1 heterocycles. The van der Waals surface area contributed by atoms with E-state index in [1.165, 1.54) is 5.56 Å². The first kappa shape index (κ1) is 10.3. The molecular weight excluding hydrogens is 190 g/mol. The molecule has 0 saturated carbocycles. The summed E-state index contributed by atoms with van der Waals surface area (Å²) in [6, 6.07) is 6.42. The molecule has 1 aromatic carbocycles. The van der Waals surface area contributed by atoms with Crippen molar-refractivity contribution in [3.05, 3.63) is 23.8 Å². The Morgan fingerprint density at radius 3 is 2.93 bits per heavy atom. The van der Waals surface area contributed by atoms with Gasteiger partial charge in [-0.05, 0) is 43.9 Å². The number of aryl methyl sites for hydroxylation is 1. The summed E-state index contributed by atoms with van der Waals surface area (Å²) in [6.07, 6.45) is 3.24. The van der Waals surface area contributed by atoms with E-state index in [0.717, 1.165) is 30.8 Å². The molecule has 0 saturated heterocycles. The fourth-order valence-corrected chi connectivity index (χ4v) is 1.72. The number of hydrogen-bond acceptors (Lipinski definition) is 3. The summed E-state index contributed by atoms with van der Waals surface area (Å²) in [5.41, 5.74) is 6.99. The number of benzene rings is 1. The fraction of sp³-hybridized carbons (Fsp3) is 0.500. The highest BCUT2D eigenvalue weighted by molar-refractivity contribution is 5.44. The van der Waals surface area contributed by atoms with Gasteiger partial charge < -0.3 is 15.2 Å². The van der Waals surface area contributed by atoms with Crippen LogP contribution in [0.25, 0.3) is 0 Å².